The lowest BCUT2D eigenvalue weighted by atomic mass is 10.1. The second kappa shape index (κ2) is 13.8. The van der Waals surface area contributed by atoms with Crippen molar-refractivity contribution >= 4 is 29.2 Å². The lowest BCUT2D eigenvalue weighted by molar-refractivity contribution is -0.344. The molecule has 3 aromatic carbocycles. The van der Waals surface area contributed by atoms with Gasteiger partial charge in [0.05, 0.1) is 50.1 Å². The number of carboxylic acids is 1. The second-order valence-electron chi connectivity index (χ2n) is 8.74. The van der Waals surface area contributed by atoms with Crippen LogP contribution in [0.2, 0.25) is 0 Å². The highest BCUT2D eigenvalue weighted by molar-refractivity contribution is 6.05. The van der Waals surface area contributed by atoms with Crippen molar-refractivity contribution in [2.45, 2.75) is 19.5 Å². The maximum absolute atomic E-state index is 12.9. The summed E-state index contributed by atoms with van der Waals surface area (Å²) in [6.45, 7) is 1.99. The summed E-state index contributed by atoms with van der Waals surface area (Å²) in [6.07, 6.45) is -1.64. The third-order valence-electron chi connectivity index (χ3n) is 5.57. The summed E-state index contributed by atoms with van der Waals surface area (Å²) in [6, 6.07) is 20.0. The highest BCUT2D eigenvalue weighted by Crippen LogP contribution is 2.29. The molecule has 0 bridgehead atoms. The molecule has 1 heterocycles. The Morgan fingerprint density at radius 1 is 0.952 bits per heavy atom. The van der Waals surface area contributed by atoms with Gasteiger partial charge in [0.15, 0.2) is 0 Å². The Bertz CT molecular complexity index is 1570. The van der Waals surface area contributed by atoms with Crippen molar-refractivity contribution in [2.75, 3.05) is 24.9 Å². The number of hydrogen-bond acceptors (Lipinski definition) is 7. The van der Waals surface area contributed by atoms with Crippen LogP contribution in [0.5, 0.6) is 11.5 Å². The summed E-state index contributed by atoms with van der Waals surface area (Å²) in [5.74, 6) is -2.32. The number of nitrogens with zero attached hydrogens (tertiary/aromatic N) is 2. The van der Waals surface area contributed by atoms with Crippen molar-refractivity contribution in [3.8, 4) is 17.2 Å². The molecular weight excluding hydrogens is 557 g/mol. The Labute approximate surface area is 238 Å². The SMILES string of the molecule is COc1ccc(OC)c(NC(=O)c2cccc(-n3cc(NC(=O)Cc4cccc(C)c4)cn3)c2)c1.O=C([O-])C(F)(F)F. The normalized spacial score (nSPS) is 10.6. The van der Waals surface area contributed by atoms with Crippen LogP contribution in [0.3, 0.4) is 0 Å². The fraction of sp³-hybridized carbons (Fsp3) is 0.172. The first-order valence-electron chi connectivity index (χ1n) is 12.2. The van der Waals surface area contributed by atoms with Gasteiger partial charge in [0, 0.05) is 11.6 Å². The Hall–Kier alpha value is -5.33. The van der Waals surface area contributed by atoms with Gasteiger partial charge in [0.2, 0.25) is 5.91 Å². The fourth-order valence-corrected chi connectivity index (χ4v) is 3.64. The van der Waals surface area contributed by atoms with Gasteiger partial charge >= 0.3 is 6.18 Å². The zero-order chi connectivity index (χ0) is 30.9. The summed E-state index contributed by atoms with van der Waals surface area (Å²) in [5.41, 5.74) is 4.24. The van der Waals surface area contributed by atoms with Crippen LogP contribution in [-0.4, -0.2) is 48.0 Å². The predicted octanol–water partition coefficient (Wildman–Crippen LogP) is 3.93. The molecule has 2 N–H and O–H groups in total. The van der Waals surface area contributed by atoms with E-state index in [-0.39, 0.29) is 18.2 Å². The molecule has 0 atom stereocenters. The number of benzene rings is 3. The van der Waals surface area contributed by atoms with E-state index in [2.05, 4.69) is 15.7 Å². The van der Waals surface area contributed by atoms with E-state index in [1.807, 2.05) is 37.3 Å². The number of halogens is 3. The Morgan fingerprint density at radius 3 is 2.31 bits per heavy atom. The molecule has 1 aromatic heterocycles. The molecule has 0 saturated heterocycles. The molecule has 0 radical (unpaired) electrons. The minimum Gasteiger partial charge on any atom is -0.542 e. The van der Waals surface area contributed by atoms with Gasteiger partial charge in [0.1, 0.15) is 17.5 Å². The number of methoxy groups -OCH3 is 2. The minimum atomic E-state index is -5.19. The van der Waals surface area contributed by atoms with E-state index in [0.29, 0.717) is 34.1 Å². The zero-order valence-corrected chi connectivity index (χ0v) is 22.7. The van der Waals surface area contributed by atoms with Gasteiger partial charge in [-0.1, -0.05) is 35.9 Å². The number of carboxylic acid groups (broad SMARTS) is 1. The van der Waals surface area contributed by atoms with Crippen LogP contribution < -0.4 is 25.2 Å². The largest absolute Gasteiger partial charge is 0.542 e. The Kier molecular flexibility index (Phi) is 10.3. The van der Waals surface area contributed by atoms with Crippen molar-refractivity contribution < 1.29 is 42.1 Å². The average Bonchev–Trinajstić information content (AvgIpc) is 3.41. The summed E-state index contributed by atoms with van der Waals surface area (Å²) in [4.78, 5) is 34.1. The van der Waals surface area contributed by atoms with Gasteiger partial charge in [-0.15, -0.1) is 0 Å². The lowest BCUT2D eigenvalue weighted by Crippen LogP contribution is -2.37. The number of aryl methyl sites for hydroxylation is 1. The number of alkyl halides is 3. The molecule has 0 aliphatic rings. The molecule has 0 saturated carbocycles. The number of hydrogen-bond donors (Lipinski definition) is 2. The molecule has 0 spiro atoms. The molecule has 0 unspecified atom stereocenters. The molecule has 0 fully saturated rings. The Morgan fingerprint density at radius 2 is 1.67 bits per heavy atom. The van der Waals surface area contributed by atoms with E-state index in [1.165, 1.54) is 7.11 Å². The molecule has 220 valence electrons. The van der Waals surface area contributed by atoms with Crippen molar-refractivity contribution in [1.29, 1.82) is 0 Å². The van der Waals surface area contributed by atoms with Gasteiger partial charge < -0.3 is 30.0 Å². The van der Waals surface area contributed by atoms with E-state index in [1.54, 1.807) is 60.6 Å². The first kappa shape index (κ1) is 31.2. The summed E-state index contributed by atoms with van der Waals surface area (Å²) in [7, 11) is 3.09. The van der Waals surface area contributed by atoms with Crippen LogP contribution in [-0.2, 0) is 16.0 Å². The summed E-state index contributed by atoms with van der Waals surface area (Å²) >= 11 is 0. The number of amides is 2. The monoisotopic (exact) mass is 583 g/mol. The number of rotatable bonds is 8. The van der Waals surface area contributed by atoms with E-state index >= 15 is 0 Å². The smallest absolute Gasteiger partial charge is 0.430 e. The predicted molar refractivity (Wildman–Crippen MR) is 146 cm³/mol. The van der Waals surface area contributed by atoms with Crippen LogP contribution in [0.25, 0.3) is 5.69 Å². The summed E-state index contributed by atoms with van der Waals surface area (Å²) < 4.78 is 43.7. The Balaban J connectivity index is 0.000000616. The van der Waals surface area contributed by atoms with Gasteiger partial charge in [-0.2, -0.15) is 18.3 Å². The first-order valence-corrected chi connectivity index (χ1v) is 12.2. The van der Waals surface area contributed by atoms with E-state index in [9.17, 15) is 22.8 Å². The van der Waals surface area contributed by atoms with Gasteiger partial charge in [-0.25, -0.2) is 4.68 Å². The van der Waals surface area contributed by atoms with Crippen molar-refractivity contribution in [2.24, 2.45) is 0 Å². The molecule has 4 rings (SSSR count). The lowest BCUT2D eigenvalue weighted by Gasteiger charge is -2.12. The van der Waals surface area contributed by atoms with Crippen LogP contribution in [0.4, 0.5) is 24.5 Å². The average molecular weight is 584 g/mol. The molecule has 0 aliphatic carbocycles. The minimum absolute atomic E-state index is 0.129. The maximum atomic E-state index is 12.9. The zero-order valence-electron chi connectivity index (χ0n) is 22.7. The van der Waals surface area contributed by atoms with Gasteiger partial charge in [-0.05, 0) is 42.8 Å². The van der Waals surface area contributed by atoms with E-state index < -0.39 is 12.1 Å². The van der Waals surface area contributed by atoms with Crippen molar-refractivity contribution in [3.05, 3.63) is 95.8 Å². The summed E-state index contributed by atoms with van der Waals surface area (Å²) in [5, 5.41) is 18.8. The van der Waals surface area contributed by atoms with Gasteiger partial charge in [-0.3, -0.25) is 9.59 Å². The van der Waals surface area contributed by atoms with E-state index in [0.717, 1.165) is 11.1 Å². The third kappa shape index (κ3) is 8.84. The third-order valence-corrected chi connectivity index (χ3v) is 5.57. The molecule has 42 heavy (non-hydrogen) atoms. The van der Waals surface area contributed by atoms with Crippen LogP contribution in [0.1, 0.15) is 21.5 Å². The first-order chi connectivity index (χ1) is 19.9. The molecule has 0 aliphatic heterocycles. The highest BCUT2D eigenvalue weighted by atomic mass is 19.4. The maximum Gasteiger partial charge on any atom is 0.430 e. The number of carbonyl (C=O) groups is 3. The van der Waals surface area contributed by atoms with Gasteiger partial charge in [0.25, 0.3) is 5.91 Å². The van der Waals surface area contributed by atoms with E-state index in [4.69, 9.17) is 19.4 Å². The van der Waals surface area contributed by atoms with Crippen molar-refractivity contribution in [1.82, 2.24) is 9.78 Å². The standard InChI is InChI=1S/C27H26N4O4.C2HF3O2/c1-18-6-4-7-19(12-18)13-26(32)29-21-16-28-31(17-21)22-9-5-8-20(14-22)27(33)30-24-15-23(34-2)10-11-25(24)35-3;3-2(4,5)1(6)7/h4-12,14-17H,13H2,1-3H3,(H,29,32)(H,30,33);(H,6,7)/p-1. The van der Waals surface area contributed by atoms with Crippen LogP contribution >= 0.6 is 0 Å². The second-order valence-corrected chi connectivity index (χ2v) is 8.74. The molecule has 10 nitrogen and oxygen atoms in total. The number of ether oxygens (including phenoxy) is 2. The number of aromatic nitrogens is 2. The van der Waals surface area contributed by atoms with Crippen LogP contribution in [0, 0.1) is 6.92 Å². The molecule has 13 heteroatoms. The number of anilines is 2. The highest BCUT2D eigenvalue weighted by Gasteiger charge is 2.28. The number of carbonyl (C=O) groups excluding carboxylic acids is 3. The topological polar surface area (TPSA) is 135 Å². The molecule has 4 aromatic rings. The molecule has 2 amide bonds. The van der Waals surface area contributed by atoms with Crippen LogP contribution in [0.15, 0.2) is 79.1 Å². The quantitative estimate of drug-likeness (QED) is 0.321. The number of nitrogens with one attached hydrogen (secondary N) is 2. The fourth-order valence-electron chi connectivity index (χ4n) is 3.64. The number of aliphatic carboxylic acids is 1. The molecular formula is C29H26F3N4O6-. The van der Waals surface area contributed by atoms with Crippen molar-refractivity contribution in [3.63, 3.8) is 0 Å².